The molecule has 1 aromatic rings. The van der Waals surface area contributed by atoms with Crippen LogP contribution in [-0.2, 0) is 49.6 Å². The highest BCUT2D eigenvalue weighted by Crippen LogP contribution is 2.28. The average molecular weight is 898 g/mol. The first kappa shape index (κ1) is 52.7. The van der Waals surface area contributed by atoms with Gasteiger partial charge in [-0.1, -0.05) is 89.6 Å². The van der Waals surface area contributed by atoms with E-state index in [2.05, 4.69) is 31.9 Å². The van der Waals surface area contributed by atoms with Crippen LogP contribution in [0.15, 0.2) is 41.7 Å². The van der Waals surface area contributed by atoms with Crippen LogP contribution in [0.5, 0.6) is 0 Å². The summed E-state index contributed by atoms with van der Waals surface area (Å²) >= 11 is 0. The number of carbonyl (C=O) groups excluding carboxylic acids is 8. The number of cyclic esters (lactones) is 1. The van der Waals surface area contributed by atoms with E-state index in [0.29, 0.717) is 24.8 Å². The Hall–Kier alpha value is -5.68. The molecule has 0 aromatic heterocycles. The van der Waals surface area contributed by atoms with Gasteiger partial charge in [0, 0.05) is 13.5 Å². The van der Waals surface area contributed by atoms with Crippen LogP contribution in [0.1, 0.15) is 125 Å². The van der Waals surface area contributed by atoms with Crippen molar-refractivity contribution in [3.63, 3.8) is 0 Å². The predicted octanol–water partition coefficient (Wildman–Crippen LogP) is 4.26. The maximum absolute atomic E-state index is 14.5. The van der Waals surface area contributed by atoms with Crippen LogP contribution < -0.4 is 31.9 Å². The SMILES string of the molecule is CCCCCC/C1=C(\C)C(=O)N(C)C(CC(C)C)C(=O)NC(C2CCCCC2)C(=O)NC(CNC(=O)OCc2ccccc2)C(=O)NC(CNC(=O)OC(C)(C)C)C(=O)NCC(=O)O1. The Bertz CT molecular complexity index is 1790. The Balaban J connectivity index is 2.10. The van der Waals surface area contributed by atoms with Crippen molar-refractivity contribution in [2.75, 3.05) is 26.7 Å². The number of ether oxygens (including phenoxy) is 3. The van der Waals surface area contributed by atoms with Gasteiger partial charge in [-0.05, 0) is 70.8 Å². The fourth-order valence-electron chi connectivity index (χ4n) is 7.42. The van der Waals surface area contributed by atoms with E-state index in [9.17, 15) is 38.4 Å². The van der Waals surface area contributed by atoms with Crippen molar-refractivity contribution in [1.82, 2.24) is 36.8 Å². The lowest BCUT2D eigenvalue weighted by atomic mass is 9.83. The molecule has 0 saturated heterocycles. The van der Waals surface area contributed by atoms with Crippen LogP contribution in [-0.4, -0.2) is 109 Å². The second-order valence-electron chi connectivity index (χ2n) is 17.9. The Morgan fingerprint density at radius 1 is 0.828 bits per heavy atom. The minimum absolute atomic E-state index is 0.0626. The largest absolute Gasteiger partial charge is 0.445 e. The highest BCUT2D eigenvalue weighted by atomic mass is 16.6. The van der Waals surface area contributed by atoms with Crippen LogP contribution in [0.3, 0.4) is 0 Å². The van der Waals surface area contributed by atoms with E-state index >= 15 is 0 Å². The first-order valence-corrected chi connectivity index (χ1v) is 22.6. The maximum Gasteiger partial charge on any atom is 0.407 e. The van der Waals surface area contributed by atoms with Crippen molar-refractivity contribution in [2.24, 2.45) is 11.8 Å². The molecule has 1 heterocycles. The smallest absolute Gasteiger partial charge is 0.407 e. The molecule has 2 aliphatic rings. The summed E-state index contributed by atoms with van der Waals surface area (Å²) in [4.78, 5) is 112. The molecule has 0 radical (unpaired) electrons. The van der Waals surface area contributed by atoms with Crippen LogP contribution in [0.2, 0.25) is 0 Å². The molecule has 4 unspecified atom stereocenters. The molecule has 0 bridgehead atoms. The van der Waals surface area contributed by atoms with Crippen molar-refractivity contribution in [3.05, 3.63) is 47.2 Å². The number of likely N-dealkylation sites (N-methyl/N-ethyl adjacent to an activating group) is 1. The maximum atomic E-state index is 14.5. The number of amides is 7. The van der Waals surface area contributed by atoms with E-state index in [-0.39, 0.29) is 42.6 Å². The van der Waals surface area contributed by atoms with Gasteiger partial charge < -0.3 is 51.0 Å². The Labute approximate surface area is 377 Å². The number of rotatable bonds is 14. The van der Waals surface area contributed by atoms with Crippen molar-refractivity contribution < 1.29 is 52.6 Å². The van der Waals surface area contributed by atoms with Crippen molar-refractivity contribution >= 4 is 47.7 Å². The quantitative estimate of drug-likeness (QED) is 0.0876. The van der Waals surface area contributed by atoms with Gasteiger partial charge in [-0.25, -0.2) is 14.4 Å². The van der Waals surface area contributed by atoms with Crippen LogP contribution in [0.25, 0.3) is 0 Å². The molecular formula is C46H71N7O11. The summed E-state index contributed by atoms with van der Waals surface area (Å²) in [6, 6.07) is 3.58. The summed E-state index contributed by atoms with van der Waals surface area (Å²) in [7, 11) is 1.49. The number of nitrogens with zero attached hydrogens (tertiary/aromatic N) is 1. The number of benzene rings is 1. The third kappa shape index (κ3) is 18.2. The van der Waals surface area contributed by atoms with E-state index in [4.69, 9.17) is 14.2 Å². The number of esters is 1. The summed E-state index contributed by atoms with van der Waals surface area (Å²) in [5.74, 6) is -4.97. The van der Waals surface area contributed by atoms with Gasteiger partial charge in [0.1, 0.15) is 48.7 Å². The lowest BCUT2D eigenvalue weighted by Gasteiger charge is -2.34. The molecule has 1 aliphatic heterocycles. The Morgan fingerprint density at radius 3 is 2.08 bits per heavy atom. The van der Waals surface area contributed by atoms with Gasteiger partial charge in [0.05, 0.1) is 18.7 Å². The van der Waals surface area contributed by atoms with Crippen LogP contribution in [0.4, 0.5) is 9.59 Å². The fourth-order valence-corrected chi connectivity index (χ4v) is 7.42. The minimum atomic E-state index is -1.55. The number of carbonyl (C=O) groups is 8. The molecule has 1 aliphatic carbocycles. The standard InChI is InChI=1S/C46H71N7O11/c1-9-10-11-18-23-36-30(4)43(59)53(8)35(24-29(2)3)41(57)52-38(32-21-16-13-17-22-32)42(58)51-34(26-48-44(60)62-28-31-19-14-12-15-20-31)40(56)50-33(39(55)47-27-37(54)63-36)25-49-45(61)64-46(5,6)7/h12,14-15,19-20,29,32-35,38H,9-11,13,16-18,21-28H2,1-8H3,(H,47,55)(H,48,60)(H,49,61)(H,50,56)(H,51,58)(H,52,57)/b36-30-. The molecule has 7 amide bonds. The van der Waals surface area contributed by atoms with Gasteiger partial charge >= 0.3 is 18.2 Å². The molecule has 1 saturated carbocycles. The van der Waals surface area contributed by atoms with E-state index < -0.39 is 97.1 Å². The van der Waals surface area contributed by atoms with E-state index in [0.717, 1.165) is 38.5 Å². The van der Waals surface area contributed by atoms with Crippen LogP contribution in [0, 0.1) is 11.8 Å². The monoisotopic (exact) mass is 898 g/mol. The summed E-state index contributed by atoms with van der Waals surface area (Å²) in [6.45, 7) is 10.5. The zero-order chi connectivity index (χ0) is 47.4. The average Bonchev–Trinajstić information content (AvgIpc) is 3.25. The van der Waals surface area contributed by atoms with Gasteiger partial charge in [-0.3, -0.25) is 24.0 Å². The van der Waals surface area contributed by atoms with Crippen LogP contribution >= 0.6 is 0 Å². The molecule has 1 fully saturated rings. The van der Waals surface area contributed by atoms with Gasteiger partial charge in [0.25, 0.3) is 5.91 Å². The molecule has 4 atom stereocenters. The van der Waals surface area contributed by atoms with Gasteiger partial charge in [0.15, 0.2) is 0 Å². The first-order chi connectivity index (χ1) is 30.3. The summed E-state index contributed by atoms with van der Waals surface area (Å²) in [6.07, 6.45) is 5.60. The zero-order valence-electron chi connectivity index (χ0n) is 38.9. The highest BCUT2D eigenvalue weighted by Gasteiger charge is 2.38. The fraction of sp³-hybridized carbons (Fsp3) is 0.652. The van der Waals surface area contributed by atoms with Gasteiger partial charge in [-0.15, -0.1) is 0 Å². The molecule has 356 valence electrons. The van der Waals surface area contributed by atoms with Crippen molar-refractivity contribution in [1.29, 1.82) is 0 Å². The summed E-state index contributed by atoms with van der Waals surface area (Å²) in [5, 5.41) is 15.6. The predicted molar refractivity (Wildman–Crippen MR) is 238 cm³/mol. The van der Waals surface area contributed by atoms with E-state index in [1.54, 1.807) is 45.0 Å². The summed E-state index contributed by atoms with van der Waals surface area (Å²) < 4.78 is 16.4. The normalized spacial score (nSPS) is 22.7. The molecule has 6 N–H and O–H groups in total. The summed E-state index contributed by atoms with van der Waals surface area (Å²) in [5.41, 5.74) is -0.0972. The lowest BCUT2D eigenvalue weighted by molar-refractivity contribution is -0.141. The third-order valence-electron chi connectivity index (χ3n) is 10.9. The number of alkyl carbamates (subject to hydrolysis) is 2. The van der Waals surface area contributed by atoms with E-state index in [1.807, 2.05) is 26.8 Å². The van der Waals surface area contributed by atoms with Crippen molar-refractivity contribution in [3.8, 4) is 0 Å². The molecule has 3 rings (SSSR count). The third-order valence-corrected chi connectivity index (χ3v) is 10.9. The number of nitrogens with one attached hydrogen (secondary N) is 6. The molecule has 64 heavy (non-hydrogen) atoms. The zero-order valence-corrected chi connectivity index (χ0v) is 38.9. The molecule has 1 aromatic carbocycles. The number of allylic oxidation sites excluding steroid dienone is 1. The first-order valence-electron chi connectivity index (χ1n) is 22.6. The molecule has 0 spiro atoms. The van der Waals surface area contributed by atoms with E-state index in [1.165, 1.54) is 18.9 Å². The van der Waals surface area contributed by atoms with Crippen molar-refractivity contribution in [2.45, 2.75) is 155 Å². The molecular weight excluding hydrogens is 827 g/mol. The van der Waals surface area contributed by atoms with Gasteiger partial charge in [0.2, 0.25) is 23.6 Å². The number of hydrogen-bond donors (Lipinski definition) is 6. The minimum Gasteiger partial charge on any atom is -0.445 e. The number of unbranched alkanes of at least 4 members (excludes halogenated alkanes) is 3. The Morgan fingerprint density at radius 2 is 1.45 bits per heavy atom. The molecule has 18 nitrogen and oxygen atoms in total. The topological polar surface area (TPSA) is 240 Å². The highest BCUT2D eigenvalue weighted by molar-refractivity contribution is 5.99. The Kier molecular flexibility index (Phi) is 21.6. The lowest BCUT2D eigenvalue weighted by Crippen LogP contribution is -2.63. The second kappa shape index (κ2) is 26.2. The number of hydrogen-bond acceptors (Lipinski definition) is 11. The molecule has 18 heteroatoms. The second-order valence-corrected chi connectivity index (χ2v) is 17.9. The van der Waals surface area contributed by atoms with Gasteiger partial charge in [-0.2, -0.15) is 0 Å².